The molecule has 0 bridgehead atoms. The maximum atomic E-state index is 13.2. The van der Waals surface area contributed by atoms with Crippen LogP contribution in [0.3, 0.4) is 0 Å². The van der Waals surface area contributed by atoms with Gasteiger partial charge in [-0.25, -0.2) is 0 Å². The molecule has 0 N–H and O–H groups in total. The first kappa shape index (κ1) is 27.6. The number of ether oxygens (including phenoxy) is 3. The molecule has 0 fully saturated rings. The number of rotatable bonds is 6. The van der Waals surface area contributed by atoms with Crippen LogP contribution in [0.25, 0.3) is 33.5 Å². The fourth-order valence-corrected chi connectivity index (χ4v) is 3.73. The van der Waals surface area contributed by atoms with Gasteiger partial charge in [-0.1, -0.05) is 48.5 Å². The molecular formula is C26H14F9NO3. The molecule has 0 aliphatic heterocycles. The summed E-state index contributed by atoms with van der Waals surface area (Å²) in [5, 5.41) is 0. The van der Waals surface area contributed by atoms with Crippen molar-refractivity contribution in [1.82, 2.24) is 4.98 Å². The van der Waals surface area contributed by atoms with Crippen molar-refractivity contribution < 1.29 is 53.7 Å². The average Bonchev–Trinajstić information content (AvgIpc) is 2.82. The van der Waals surface area contributed by atoms with E-state index < -0.39 is 36.3 Å². The van der Waals surface area contributed by atoms with Gasteiger partial charge in [-0.2, -0.15) is 0 Å². The Bertz CT molecular complexity index is 1460. The first-order valence-electron chi connectivity index (χ1n) is 10.8. The van der Waals surface area contributed by atoms with Crippen molar-refractivity contribution in [3.63, 3.8) is 0 Å². The third kappa shape index (κ3) is 7.12. The molecule has 4 aromatic rings. The van der Waals surface area contributed by atoms with Crippen LogP contribution in [-0.2, 0) is 0 Å². The molecule has 1 heterocycles. The summed E-state index contributed by atoms with van der Waals surface area (Å²) in [4.78, 5) is 4.15. The number of halogens is 9. The van der Waals surface area contributed by atoms with Crippen molar-refractivity contribution in [3.05, 3.63) is 85.1 Å². The molecule has 4 nitrogen and oxygen atoms in total. The van der Waals surface area contributed by atoms with Crippen LogP contribution in [0.4, 0.5) is 39.5 Å². The molecule has 0 atom stereocenters. The number of para-hydroxylation sites is 3. The summed E-state index contributed by atoms with van der Waals surface area (Å²) in [6.07, 6.45) is -14.3. The topological polar surface area (TPSA) is 40.6 Å². The Morgan fingerprint density at radius 3 is 1.33 bits per heavy atom. The molecule has 204 valence electrons. The molecule has 0 radical (unpaired) electrons. The summed E-state index contributed by atoms with van der Waals surface area (Å²) in [6, 6.07) is 15.6. The molecule has 4 rings (SSSR count). The van der Waals surface area contributed by atoms with Gasteiger partial charge in [-0.15, -0.1) is 39.5 Å². The van der Waals surface area contributed by atoms with Crippen molar-refractivity contribution in [2.24, 2.45) is 0 Å². The average molecular weight is 559 g/mol. The molecule has 3 aromatic carbocycles. The van der Waals surface area contributed by atoms with E-state index >= 15 is 0 Å². The van der Waals surface area contributed by atoms with Crippen molar-refractivity contribution in [2.45, 2.75) is 19.1 Å². The van der Waals surface area contributed by atoms with Crippen molar-refractivity contribution in [3.8, 4) is 50.8 Å². The van der Waals surface area contributed by atoms with Gasteiger partial charge in [0, 0.05) is 34.0 Å². The minimum Gasteiger partial charge on any atom is -0.405 e. The van der Waals surface area contributed by atoms with Gasteiger partial charge in [0.25, 0.3) is 0 Å². The van der Waals surface area contributed by atoms with Crippen LogP contribution in [0.2, 0.25) is 0 Å². The van der Waals surface area contributed by atoms with E-state index in [1.807, 2.05) is 0 Å². The number of hydrogen-bond donors (Lipinski definition) is 0. The summed E-state index contributed by atoms with van der Waals surface area (Å²) in [6.45, 7) is 0. The summed E-state index contributed by atoms with van der Waals surface area (Å²) in [5.74, 6) is -2.06. The highest BCUT2D eigenvalue weighted by molar-refractivity contribution is 5.89. The molecule has 0 saturated carbocycles. The Kier molecular flexibility index (Phi) is 7.35. The van der Waals surface area contributed by atoms with Crippen molar-refractivity contribution in [2.75, 3.05) is 0 Å². The smallest absolute Gasteiger partial charge is 0.405 e. The number of alkyl halides is 9. The van der Waals surface area contributed by atoms with Gasteiger partial charge in [-0.05, 0) is 30.3 Å². The summed E-state index contributed by atoms with van der Waals surface area (Å²) >= 11 is 0. The van der Waals surface area contributed by atoms with Gasteiger partial charge in [0.2, 0.25) is 0 Å². The number of benzene rings is 3. The lowest BCUT2D eigenvalue weighted by Crippen LogP contribution is -2.18. The fourth-order valence-electron chi connectivity index (χ4n) is 3.73. The summed E-state index contributed by atoms with van der Waals surface area (Å²) in [5.41, 5.74) is -1.12. The van der Waals surface area contributed by atoms with Gasteiger partial charge >= 0.3 is 19.1 Å². The molecule has 1 aromatic heterocycles. The first-order valence-corrected chi connectivity index (χ1v) is 10.8. The molecule has 0 aliphatic rings. The normalized spacial score (nSPS) is 12.2. The van der Waals surface area contributed by atoms with E-state index in [0.717, 1.165) is 24.4 Å². The van der Waals surface area contributed by atoms with Gasteiger partial charge in [0.05, 0.1) is 5.69 Å². The van der Waals surface area contributed by atoms with E-state index in [9.17, 15) is 39.5 Å². The largest absolute Gasteiger partial charge is 0.573 e. The quantitative estimate of drug-likeness (QED) is 0.222. The Hall–Kier alpha value is -4.42. The van der Waals surface area contributed by atoms with Crippen LogP contribution in [0.15, 0.2) is 85.1 Å². The van der Waals surface area contributed by atoms with E-state index in [2.05, 4.69) is 19.2 Å². The van der Waals surface area contributed by atoms with Gasteiger partial charge in [0.15, 0.2) is 0 Å². The third-order valence-corrected chi connectivity index (χ3v) is 5.08. The summed E-state index contributed by atoms with van der Waals surface area (Å²) < 4.78 is 130. The number of nitrogens with zero attached hydrogens (tertiary/aromatic N) is 1. The Morgan fingerprint density at radius 1 is 0.462 bits per heavy atom. The van der Waals surface area contributed by atoms with Crippen LogP contribution in [0, 0.1) is 0 Å². The Balaban J connectivity index is 1.98. The second-order valence-corrected chi connectivity index (χ2v) is 7.75. The summed E-state index contributed by atoms with van der Waals surface area (Å²) in [7, 11) is 0. The molecular weight excluding hydrogens is 545 g/mol. The number of hydrogen-bond acceptors (Lipinski definition) is 4. The number of aromatic nitrogens is 1. The zero-order chi connectivity index (χ0) is 28.4. The minimum absolute atomic E-state index is 0.0374. The predicted molar refractivity (Wildman–Crippen MR) is 121 cm³/mol. The van der Waals surface area contributed by atoms with E-state index in [0.29, 0.717) is 0 Å². The SMILES string of the molecule is FC(F)(F)Oc1ccccc1-c1cnc(-c2ccccc2OC(F)(F)F)c(-c2ccccc2OC(F)(F)F)c1. The minimum atomic E-state index is -5.13. The van der Waals surface area contributed by atoms with Gasteiger partial charge in [-0.3, -0.25) is 4.98 Å². The van der Waals surface area contributed by atoms with Crippen LogP contribution in [0.1, 0.15) is 0 Å². The molecule has 0 saturated heterocycles. The lowest BCUT2D eigenvalue weighted by molar-refractivity contribution is -0.275. The molecule has 0 unspecified atom stereocenters. The van der Waals surface area contributed by atoms with E-state index in [4.69, 9.17) is 0 Å². The Labute approximate surface area is 214 Å². The highest BCUT2D eigenvalue weighted by atomic mass is 19.4. The molecule has 0 aliphatic carbocycles. The second kappa shape index (κ2) is 10.4. The lowest BCUT2D eigenvalue weighted by Gasteiger charge is -2.19. The molecule has 13 heteroatoms. The fraction of sp³-hybridized carbons (Fsp3) is 0.115. The maximum Gasteiger partial charge on any atom is 0.573 e. The molecule has 0 spiro atoms. The first-order chi connectivity index (χ1) is 18.2. The van der Waals surface area contributed by atoms with E-state index in [1.54, 1.807) is 0 Å². The van der Waals surface area contributed by atoms with E-state index in [1.165, 1.54) is 60.7 Å². The van der Waals surface area contributed by atoms with E-state index in [-0.39, 0.29) is 33.5 Å². The lowest BCUT2D eigenvalue weighted by atomic mass is 9.94. The Morgan fingerprint density at radius 2 is 0.846 bits per heavy atom. The predicted octanol–water partition coefficient (Wildman–Crippen LogP) is 8.78. The van der Waals surface area contributed by atoms with Crippen LogP contribution in [0.5, 0.6) is 17.2 Å². The highest BCUT2D eigenvalue weighted by Gasteiger charge is 2.35. The highest BCUT2D eigenvalue weighted by Crippen LogP contribution is 2.44. The van der Waals surface area contributed by atoms with Crippen LogP contribution in [-0.4, -0.2) is 24.1 Å². The molecule has 39 heavy (non-hydrogen) atoms. The maximum absolute atomic E-state index is 13.2. The second-order valence-electron chi connectivity index (χ2n) is 7.75. The zero-order valence-electron chi connectivity index (χ0n) is 19.2. The van der Waals surface area contributed by atoms with Gasteiger partial charge in [0.1, 0.15) is 17.2 Å². The zero-order valence-corrected chi connectivity index (χ0v) is 19.2. The van der Waals surface area contributed by atoms with Crippen LogP contribution < -0.4 is 14.2 Å². The monoisotopic (exact) mass is 559 g/mol. The standard InChI is InChI=1S/C26H14F9NO3/c27-24(28,29)37-20-10-4-1-7-16(20)15-13-19(17-8-2-5-11-21(17)38-25(30,31)32)23(36-14-15)18-9-3-6-12-22(18)39-26(33,34)35/h1-14H. The van der Waals surface area contributed by atoms with Gasteiger partial charge < -0.3 is 14.2 Å². The van der Waals surface area contributed by atoms with Crippen molar-refractivity contribution in [1.29, 1.82) is 0 Å². The third-order valence-electron chi connectivity index (χ3n) is 5.08. The molecule has 0 amide bonds. The van der Waals surface area contributed by atoms with Crippen molar-refractivity contribution >= 4 is 0 Å². The van der Waals surface area contributed by atoms with Crippen LogP contribution >= 0.6 is 0 Å². The number of pyridine rings is 1.